The molecule has 0 saturated carbocycles. The van der Waals surface area contributed by atoms with Crippen molar-refractivity contribution >= 4 is 11.8 Å². The zero-order valence-corrected chi connectivity index (χ0v) is 10.5. The summed E-state index contributed by atoms with van der Waals surface area (Å²) >= 11 is 1.76. The fourth-order valence-corrected chi connectivity index (χ4v) is 2.55. The Kier molecular flexibility index (Phi) is 3.25. The molecule has 1 aromatic heterocycles. The van der Waals surface area contributed by atoms with Crippen LogP contribution in [0.3, 0.4) is 0 Å². The van der Waals surface area contributed by atoms with Gasteiger partial charge in [0.25, 0.3) is 0 Å². The molecule has 2 rings (SSSR count). The second-order valence-electron chi connectivity index (χ2n) is 3.63. The molecule has 0 aliphatic carbocycles. The molecule has 2 nitrogen and oxygen atoms in total. The molecule has 3 heteroatoms. The first-order chi connectivity index (χ1) is 7.72. The molecule has 2 aromatic rings. The van der Waals surface area contributed by atoms with Gasteiger partial charge in [-0.15, -0.1) is 0 Å². The molecule has 0 unspecified atom stereocenters. The highest BCUT2D eigenvalue weighted by Gasteiger charge is 2.09. The standard InChI is InChI=1S/C13H15NOS/c1-10-11(2)14(15-3)9-13(10)16-12-7-5-4-6-8-12/h4-9H,1-3H3. The molecule has 0 radical (unpaired) electrons. The Bertz CT molecular complexity index is 476. The monoisotopic (exact) mass is 233 g/mol. The summed E-state index contributed by atoms with van der Waals surface area (Å²) in [6.07, 6.45) is 2.03. The first-order valence-corrected chi connectivity index (χ1v) is 6.00. The zero-order valence-electron chi connectivity index (χ0n) is 9.73. The van der Waals surface area contributed by atoms with E-state index in [2.05, 4.69) is 38.1 Å². The molecule has 0 bridgehead atoms. The van der Waals surface area contributed by atoms with Gasteiger partial charge in [0, 0.05) is 9.79 Å². The Labute approximate surface area is 100 Å². The van der Waals surface area contributed by atoms with Crippen molar-refractivity contribution in [3.63, 3.8) is 0 Å². The molecule has 0 atom stereocenters. The number of hydrogen-bond acceptors (Lipinski definition) is 2. The van der Waals surface area contributed by atoms with Crippen LogP contribution in [0.1, 0.15) is 11.3 Å². The second kappa shape index (κ2) is 4.66. The predicted octanol–water partition coefficient (Wildman–Crippen LogP) is 3.31. The molecule has 1 heterocycles. The number of benzene rings is 1. The van der Waals surface area contributed by atoms with Crippen LogP contribution >= 0.6 is 11.8 Å². The lowest BCUT2D eigenvalue weighted by Crippen LogP contribution is -2.05. The molecule has 0 aliphatic rings. The van der Waals surface area contributed by atoms with Crippen LogP contribution in [0.25, 0.3) is 0 Å². The van der Waals surface area contributed by atoms with Crippen LogP contribution < -0.4 is 4.84 Å². The Balaban J connectivity index is 2.29. The normalized spacial score (nSPS) is 10.4. The van der Waals surface area contributed by atoms with Gasteiger partial charge in [0.05, 0.1) is 11.9 Å². The first-order valence-electron chi connectivity index (χ1n) is 5.18. The van der Waals surface area contributed by atoms with E-state index in [0.29, 0.717) is 0 Å². The van der Waals surface area contributed by atoms with Gasteiger partial charge in [0.2, 0.25) is 0 Å². The largest absolute Gasteiger partial charge is 0.417 e. The molecule has 16 heavy (non-hydrogen) atoms. The highest BCUT2D eigenvalue weighted by atomic mass is 32.2. The lowest BCUT2D eigenvalue weighted by atomic mass is 10.3. The number of nitrogens with zero attached hydrogens (tertiary/aromatic N) is 1. The molecule has 0 spiro atoms. The van der Waals surface area contributed by atoms with Crippen LogP contribution in [0.4, 0.5) is 0 Å². The van der Waals surface area contributed by atoms with Crippen molar-refractivity contribution < 1.29 is 4.84 Å². The summed E-state index contributed by atoms with van der Waals surface area (Å²) < 4.78 is 1.81. The molecule has 0 amide bonds. The molecule has 0 saturated heterocycles. The Morgan fingerprint density at radius 3 is 2.38 bits per heavy atom. The van der Waals surface area contributed by atoms with Crippen LogP contribution in [0.15, 0.2) is 46.3 Å². The minimum Gasteiger partial charge on any atom is -0.417 e. The smallest absolute Gasteiger partial charge is 0.104 e. The van der Waals surface area contributed by atoms with E-state index in [1.165, 1.54) is 15.4 Å². The van der Waals surface area contributed by atoms with Crippen molar-refractivity contribution in [3.8, 4) is 0 Å². The van der Waals surface area contributed by atoms with Gasteiger partial charge in [-0.05, 0) is 31.5 Å². The number of aromatic nitrogens is 1. The van der Waals surface area contributed by atoms with E-state index >= 15 is 0 Å². The van der Waals surface area contributed by atoms with Crippen LogP contribution in [0.5, 0.6) is 0 Å². The van der Waals surface area contributed by atoms with Gasteiger partial charge in [-0.3, -0.25) is 0 Å². The van der Waals surface area contributed by atoms with Gasteiger partial charge in [-0.25, -0.2) is 0 Å². The summed E-state index contributed by atoms with van der Waals surface area (Å²) in [4.78, 5) is 7.74. The number of rotatable bonds is 3. The van der Waals surface area contributed by atoms with Crippen LogP contribution in [0, 0.1) is 13.8 Å². The third-order valence-corrected chi connectivity index (χ3v) is 3.78. The average Bonchev–Trinajstić information content (AvgIpc) is 2.58. The molecule has 0 N–H and O–H groups in total. The Morgan fingerprint density at radius 1 is 1.12 bits per heavy atom. The van der Waals surface area contributed by atoms with E-state index in [9.17, 15) is 0 Å². The lowest BCUT2D eigenvalue weighted by molar-refractivity contribution is 0.161. The average molecular weight is 233 g/mol. The molecule has 0 fully saturated rings. The van der Waals surface area contributed by atoms with E-state index in [0.717, 1.165) is 5.69 Å². The highest BCUT2D eigenvalue weighted by Crippen LogP contribution is 2.32. The summed E-state index contributed by atoms with van der Waals surface area (Å²) in [5.74, 6) is 0. The lowest BCUT2D eigenvalue weighted by Gasteiger charge is -2.01. The van der Waals surface area contributed by atoms with Crippen molar-refractivity contribution in [3.05, 3.63) is 47.8 Å². The summed E-state index contributed by atoms with van der Waals surface area (Å²) in [6.45, 7) is 4.18. The molecular formula is C13H15NOS. The van der Waals surface area contributed by atoms with Gasteiger partial charge in [0.1, 0.15) is 7.11 Å². The van der Waals surface area contributed by atoms with E-state index in [1.54, 1.807) is 23.6 Å². The van der Waals surface area contributed by atoms with E-state index in [4.69, 9.17) is 4.84 Å². The van der Waals surface area contributed by atoms with Gasteiger partial charge < -0.3 is 4.84 Å². The minimum absolute atomic E-state index is 1.15. The Hall–Kier alpha value is -1.35. The predicted molar refractivity (Wildman–Crippen MR) is 67.0 cm³/mol. The summed E-state index contributed by atoms with van der Waals surface area (Å²) in [6, 6.07) is 10.4. The second-order valence-corrected chi connectivity index (χ2v) is 4.74. The fourth-order valence-electron chi connectivity index (χ4n) is 1.55. The van der Waals surface area contributed by atoms with Crippen molar-refractivity contribution in [2.45, 2.75) is 23.6 Å². The van der Waals surface area contributed by atoms with Crippen molar-refractivity contribution in [2.75, 3.05) is 7.11 Å². The first kappa shape index (κ1) is 11.1. The van der Waals surface area contributed by atoms with Crippen LogP contribution in [-0.4, -0.2) is 11.8 Å². The van der Waals surface area contributed by atoms with Gasteiger partial charge in [-0.1, -0.05) is 30.0 Å². The van der Waals surface area contributed by atoms with Crippen molar-refractivity contribution in [2.24, 2.45) is 0 Å². The molecule has 84 valence electrons. The molecule has 1 aromatic carbocycles. The quantitative estimate of drug-likeness (QED) is 0.807. The van der Waals surface area contributed by atoms with Crippen molar-refractivity contribution in [1.29, 1.82) is 0 Å². The minimum atomic E-state index is 1.15. The highest BCUT2D eigenvalue weighted by molar-refractivity contribution is 7.99. The molecular weight excluding hydrogens is 218 g/mol. The van der Waals surface area contributed by atoms with E-state index in [-0.39, 0.29) is 0 Å². The van der Waals surface area contributed by atoms with Crippen LogP contribution in [-0.2, 0) is 0 Å². The van der Waals surface area contributed by atoms with E-state index < -0.39 is 0 Å². The van der Waals surface area contributed by atoms with E-state index in [1.807, 2.05) is 12.3 Å². The van der Waals surface area contributed by atoms with Crippen molar-refractivity contribution in [1.82, 2.24) is 4.73 Å². The third-order valence-electron chi connectivity index (χ3n) is 2.65. The summed E-state index contributed by atoms with van der Waals surface area (Å²) in [5, 5.41) is 0. The summed E-state index contributed by atoms with van der Waals surface area (Å²) in [7, 11) is 1.68. The maximum absolute atomic E-state index is 5.25. The summed E-state index contributed by atoms with van der Waals surface area (Å²) in [5.41, 5.74) is 2.43. The topological polar surface area (TPSA) is 14.2 Å². The third kappa shape index (κ3) is 2.09. The molecule has 0 aliphatic heterocycles. The maximum Gasteiger partial charge on any atom is 0.104 e. The Morgan fingerprint density at radius 2 is 1.81 bits per heavy atom. The fraction of sp³-hybridized carbons (Fsp3) is 0.231. The van der Waals surface area contributed by atoms with Gasteiger partial charge in [0.15, 0.2) is 0 Å². The maximum atomic E-state index is 5.25. The number of hydrogen-bond donors (Lipinski definition) is 0. The van der Waals surface area contributed by atoms with Gasteiger partial charge >= 0.3 is 0 Å². The SMILES string of the molecule is COn1cc(Sc2ccccc2)c(C)c1C. The van der Waals surface area contributed by atoms with Gasteiger partial charge in [-0.2, -0.15) is 4.73 Å². The zero-order chi connectivity index (χ0) is 11.5. The van der Waals surface area contributed by atoms with Crippen LogP contribution in [0.2, 0.25) is 0 Å².